The second kappa shape index (κ2) is 9.14. The molecule has 0 aromatic heterocycles. The summed E-state index contributed by atoms with van der Waals surface area (Å²) in [6.45, 7) is 0. The monoisotopic (exact) mass is 529 g/mol. The molecule has 2 aromatic rings. The van der Waals surface area contributed by atoms with Gasteiger partial charge in [0.15, 0.2) is 46.5 Å². The summed E-state index contributed by atoms with van der Waals surface area (Å²) < 4.78 is 180. The highest BCUT2D eigenvalue weighted by atomic mass is 32.3. The highest BCUT2D eigenvalue weighted by Crippen LogP contribution is 2.25. The molecule has 0 aliphatic carbocycles. The van der Waals surface area contributed by atoms with E-state index in [4.69, 9.17) is 0 Å². The highest BCUT2D eigenvalue weighted by Gasteiger charge is 2.26. The summed E-state index contributed by atoms with van der Waals surface area (Å²) in [5, 5.41) is -0.676. The standard InChI is InChI=1S/C16H5F10NO4S2/c17-7-5(8(18)12(22)15(25)11(7)21)1-3-32(28,29)27-33(30,31)4-2-6-9(19)13(23)16(26)14(24)10(6)20/h1-4,27H/b3-1+,4-2+. The fourth-order valence-corrected chi connectivity index (χ4v) is 4.44. The van der Waals surface area contributed by atoms with E-state index in [9.17, 15) is 60.7 Å². The first kappa shape index (κ1) is 26.3. The minimum Gasteiger partial charge on any atom is -0.207 e. The van der Waals surface area contributed by atoms with Crippen molar-refractivity contribution in [1.82, 2.24) is 4.13 Å². The molecular formula is C16H5F10NO4S2. The van der Waals surface area contributed by atoms with Gasteiger partial charge in [0.2, 0.25) is 31.7 Å². The van der Waals surface area contributed by atoms with Crippen LogP contribution in [0, 0.1) is 58.2 Å². The summed E-state index contributed by atoms with van der Waals surface area (Å²) in [5.41, 5.74) is -3.52. The van der Waals surface area contributed by atoms with E-state index in [2.05, 4.69) is 0 Å². The van der Waals surface area contributed by atoms with Crippen molar-refractivity contribution in [3.8, 4) is 0 Å². The van der Waals surface area contributed by atoms with Gasteiger partial charge in [-0.2, -0.15) is 0 Å². The number of sulfonamides is 2. The molecule has 0 unspecified atom stereocenters. The van der Waals surface area contributed by atoms with Gasteiger partial charge < -0.3 is 0 Å². The maximum atomic E-state index is 13.5. The van der Waals surface area contributed by atoms with Crippen molar-refractivity contribution in [2.24, 2.45) is 0 Å². The zero-order valence-corrected chi connectivity index (χ0v) is 16.7. The first-order valence-corrected chi connectivity index (χ1v) is 10.8. The van der Waals surface area contributed by atoms with Crippen molar-refractivity contribution >= 4 is 32.2 Å². The maximum Gasteiger partial charge on any atom is 0.246 e. The molecule has 0 spiro atoms. The van der Waals surface area contributed by atoms with Gasteiger partial charge in [-0.3, -0.25) is 0 Å². The van der Waals surface area contributed by atoms with Crippen molar-refractivity contribution in [3.05, 3.63) is 80.1 Å². The van der Waals surface area contributed by atoms with Gasteiger partial charge in [-0.15, -0.1) is 4.13 Å². The van der Waals surface area contributed by atoms with E-state index in [1.807, 2.05) is 0 Å². The first-order valence-electron chi connectivity index (χ1n) is 7.68. The van der Waals surface area contributed by atoms with Crippen molar-refractivity contribution in [1.29, 1.82) is 0 Å². The van der Waals surface area contributed by atoms with Crippen LogP contribution in [0.25, 0.3) is 12.2 Å². The Balaban J connectivity index is 2.38. The van der Waals surface area contributed by atoms with Gasteiger partial charge in [0.25, 0.3) is 0 Å². The summed E-state index contributed by atoms with van der Waals surface area (Å²) in [4.78, 5) is 0. The Hall–Kier alpha value is -2.92. The predicted octanol–water partition coefficient (Wildman–Crippen LogP) is 3.97. The molecule has 0 atom stereocenters. The molecule has 0 heterocycles. The Morgan fingerprint density at radius 3 is 0.879 bits per heavy atom. The highest BCUT2D eigenvalue weighted by molar-refractivity contribution is 8.07. The van der Waals surface area contributed by atoms with Crippen molar-refractivity contribution in [2.75, 3.05) is 0 Å². The van der Waals surface area contributed by atoms with Gasteiger partial charge >= 0.3 is 0 Å². The third-order valence-corrected chi connectivity index (χ3v) is 6.39. The molecule has 0 saturated carbocycles. The molecule has 0 bridgehead atoms. The molecule has 0 amide bonds. The van der Waals surface area contributed by atoms with Gasteiger partial charge in [-0.25, -0.2) is 60.7 Å². The zero-order chi connectivity index (χ0) is 25.5. The molecule has 180 valence electrons. The van der Waals surface area contributed by atoms with Crippen molar-refractivity contribution in [2.45, 2.75) is 0 Å². The van der Waals surface area contributed by atoms with Crippen molar-refractivity contribution < 1.29 is 60.7 Å². The van der Waals surface area contributed by atoms with Crippen LogP contribution in [-0.2, 0) is 20.0 Å². The van der Waals surface area contributed by atoms with Crippen LogP contribution < -0.4 is 4.13 Å². The molecule has 2 aromatic carbocycles. The van der Waals surface area contributed by atoms with E-state index in [1.165, 1.54) is 0 Å². The molecule has 0 aliphatic rings. The Kier molecular flexibility index (Phi) is 7.30. The lowest BCUT2D eigenvalue weighted by Gasteiger charge is -2.05. The van der Waals surface area contributed by atoms with Crippen LogP contribution in [-0.4, -0.2) is 16.8 Å². The fourth-order valence-electron chi connectivity index (χ4n) is 2.07. The average Bonchev–Trinajstić information content (AvgIpc) is 2.72. The first-order chi connectivity index (χ1) is 15.0. The molecule has 0 saturated heterocycles. The molecular weight excluding hydrogens is 524 g/mol. The Bertz CT molecular complexity index is 1250. The maximum absolute atomic E-state index is 13.5. The molecule has 1 N–H and O–H groups in total. The van der Waals surface area contributed by atoms with E-state index < -0.39 is 89.3 Å². The lowest BCUT2D eigenvalue weighted by Crippen LogP contribution is -2.27. The van der Waals surface area contributed by atoms with Crippen LogP contribution in [0.2, 0.25) is 0 Å². The van der Waals surface area contributed by atoms with Gasteiger partial charge in [-0.1, -0.05) is 0 Å². The number of rotatable bonds is 6. The van der Waals surface area contributed by atoms with E-state index in [0.29, 0.717) is 0 Å². The fraction of sp³-hybridized carbons (Fsp3) is 0. The predicted molar refractivity (Wildman–Crippen MR) is 91.5 cm³/mol. The van der Waals surface area contributed by atoms with Gasteiger partial charge in [0.1, 0.15) is 0 Å². The second-order valence-corrected chi connectivity index (χ2v) is 9.14. The largest absolute Gasteiger partial charge is 0.246 e. The number of nitrogens with one attached hydrogen (secondary N) is 1. The van der Waals surface area contributed by atoms with Crippen LogP contribution in [0.1, 0.15) is 11.1 Å². The lowest BCUT2D eigenvalue weighted by atomic mass is 10.1. The zero-order valence-electron chi connectivity index (χ0n) is 15.0. The molecule has 0 radical (unpaired) electrons. The summed E-state index contributed by atoms with van der Waals surface area (Å²) in [5.74, 6) is -24.6. The number of halogens is 10. The summed E-state index contributed by atoms with van der Waals surface area (Å²) in [6.07, 6.45) is -0.385. The smallest absolute Gasteiger partial charge is 0.207 e. The Labute approximate surface area is 177 Å². The average molecular weight is 529 g/mol. The van der Waals surface area contributed by atoms with E-state index in [0.717, 1.165) is 4.13 Å². The van der Waals surface area contributed by atoms with Gasteiger partial charge in [-0.05, 0) is 12.2 Å². The molecule has 0 aliphatic heterocycles. The minimum absolute atomic E-state index is 0.193. The van der Waals surface area contributed by atoms with E-state index >= 15 is 0 Å². The third kappa shape index (κ3) is 5.36. The van der Waals surface area contributed by atoms with Crippen LogP contribution in [0.4, 0.5) is 43.9 Å². The van der Waals surface area contributed by atoms with Gasteiger partial charge in [0.05, 0.1) is 11.1 Å². The Morgan fingerprint density at radius 2 is 0.636 bits per heavy atom. The molecule has 33 heavy (non-hydrogen) atoms. The number of hydrogen-bond donors (Lipinski definition) is 1. The van der Waals surface area contributed by atoms with Crippen LogP contribution in [0.15, 0.2) is 10.8 Å². The summed E-state index contributed by atoms with van der Waals surface area (Å²) in [7, 11) is -10.6. The van der Waals surface area contributed by atoms with Crippen LogP contribution >= 0.6 is 0 Å². The molecule has 17 heteroatoms. The van der Waals surface area contributed by atoms with E-state index in [-0.39, 0.29) is 23.0 Å². The third-order valence-electron chi connectivity index (χ3n) is 3.55. The molecule has 5 nitrogen and oxygen atoms in total. The topological polar surface area (TPSA) is 80.3 Å². The molecule has 2 rings (SSSR count). The van der Waals surface area contributed by atoms with E-state index in [1.54, 1.807) is 0 Å². The molecule has 0 fully saturated rings. The number of hydrogen-bond acceptors (Lipinski definition) is 4. The Morgan fingerprint density at radius 1 is 0.424 bits per heavy atom. The quantitative estimate of drug-likeness (QED) is 0.349. The van der Waals surface area contributed by atoms with Gasteiger partial charge in [0, 0.05) is 10.8 Å². The lowest BCUT2D eigenvalue weighted by molar-refractivity contribution is 0.377. The van der Waals surface area contributed by atoms with Crippen molar-refractivity contribution in [3.63, 3.8) is 0 Å². The SMILES string of the molecule is O=S(=O)(/C=C/c1c(F)c(F)c(F)c(F)c1F)NS(=O)(=O)/C=C/c1c(F)c(F)c(F)c(F)c1F. The van der Waals surface area contributed by atoms with Crippen LogP contribution in [0.3, 0.4) is 0 Å². The summed E-state index contributed by atoms with van der Waals surface area (Å²) >= 11 is 0. The normalized spacial score (nSPS) is 12.9. The minimum atomic E-state index is -5.29. The summed E-state index contributed by atoms with van der Waals surface area (Å²) in [6, 6.07) is 0. The second-order valence-electron chi connectivity index (χ2n) is 5.75. The van der Waals surface area contributed by atoms with Crippen LogP contribution in [0.5, 0.6) is 0 Å². The number of benzene rings is 2.